The summed E-state index contributed by atoms with van der Waals surface area (Å²) >= 11 is 1.65. The molecule has 1 unspecified atom stereocenters. The molecule has 1 aliphatic heterocycles. The van der Waals surface area contributed by atoms with Gasteiger partial charge in [0.1, 0.15) is 0 Å². The number of rotatable bonds is 6. The zero-order valence-electron chi connectivity index (χ0n) is 12.2. The van der Waals surface area contributed by atoms with Gasteiger partial charge in [0.2, 0.25) is 0 Å². The molecule has 2 rings (SSSR count). The summed E-state index contributed by atoms with van der Waals surface area (Å²) in [4.78, 5) is 18.4. The standard InChI is InChI=1S/C14H23N3O2S/c1-3-17(8-12-5-7-19-9-12)14(18)15-6-4-13-10-20-11(2)16-13/h10,12H,3-9H2,1-2H3,(H,15,18). The van der Waals surface area contributed by atoms with Crippen LogP contribution >= 0.6 is 11.3 Å². The molecule has 20 heavy (non-hydrogen) atoms. The van der Waals surface area contributed by atoms with Crippen molar-refractivity contribution in [3.8, 4) is 0 Å². The summed E-state index contributed by atoms with van der Waals surface area (Å²) in [6, 6.07) is 0.0198. The minimum Gasteiger partial charge on any atom is -0.381 e. The Kier molecular flexibility index (Phi) is 5.79. The molecule has 0 spiro atoms. The maximum absolute atomic E-state index is 12.1. The van der Waals surface area contributed by atoms with E-state index in [4.69, 9.17) is 4.74 Å². The number of hydrogen-bond donors (Lipinski definition) is 1. The van der Waals surface area contributed by atoms with Crippen molar-refractivity contribution in [1.29, 1.82) is 0 Å². The molecule has 0 radical (unpaired) electrons. The van der Waals surface area contributed by atoms with Crippen LogP contribution in [0.25, 0.3) is 0 Å². The SMILES string of the molecule is CCN(CC1CCOC1)C(=O)NCCc1csc(C)n1. The molecule has 5 nitrogen and oxygen atoms in total. The van der Waals surface area contributed by atoms with Gasteiger partial charge in [0.15, 0.2) is 0 Å². The van der Waals surface area contributed by atoms with Crippen LogP contribution in [0.3, 0.4) is 0 Å². The van der Waals surface area contributed by atoms with Crippen molar-refractivity contribution in [3.63, 3.8) is 0 Å². The van der Waals surface area contributed by atoms with E-state index in [1.807, 2.05) is 18.7 Å². The molecule has 112 valence electrons. The molecule has 6 heteroatoms. The smallest absolute Gasteiger partial charge is 0.317 e. The molecule has 0 saturated carbocycles. The van der Waals surface area contributed by atoms with Crippen LogP contribution in [0.4, 0.5) is 4.79 Å². The second-order valence-corrected chi connectivity index (χ2v) is 6.17. The van der Waals surface area contributed by atoms with Gasteiger partial charge in [-0.25, -0.2) is 9.78 Å². The highest BCUT2D eigenvalue weighted by Crippen LogP contribution is 2.14. The zero-order chi connectivity index (χ0) is 14.4. The molecule has 0 bridgehead atoms. The number of nitrogens with zero attached hydrogens (tertiary/aromatic N) is 2. The fourth-order valence-corrected chi connectivity index (χ4v) is 2.97. The van der Waals surface area contributed by atoms with Crippen LogP contribution in [-0.4, -0.2) is 48.8 Å². The van der Waals surface area contributed by atoms with Gasteiger partial charge in [0, 0.05) is 44.0 Å². The summed E-state index contributed by atoms with van der Waals surface area (Å²) in [7, 11) is 0. The van der Waals surface area contributed by atoms with E-state index in [-0.39, 0.29) is 6.03 Å². The molecular formula is C14H23N3O2S. The molecule has 2 amide bonds. The van der Waals surface area contributed by atoms with Gasteiger partial charge in [-0.1, -0.05) is 0 Å². The minimum absolute atomic E-state index is 0.0198. The quantitative estimate of drug-likeness (QED) is 0.874. The Labute approximate surface area is 124 Å². The monoisotopic (exact) mass is 297 g/mol. The summed E-state index contributed by atoms with van der Waals surface area (Å²) in [6.07, 6.45) is 1.85. The maximum Gasteiger partial charge on any atom is 0.317 e. The van der Waals surface area contributed by atoms with E-state index in [0.717, 1.165) is 49.8 Å². The van der Waals surface area contributed by atoms with E-state index in [1.165, 1.54) is 0 Å². The van der Waals surface area contributed by atoms with Gasteiger partial charge in [0.05, 0.1) is 17.3 Å². The van der Waals surface area contributed by atoms with E-state index in [0.29, 0.717) is 12.5 Å². The largest absolute Gasteiger partial charge is 0.381 e. The van der Waals surface area contributed by atoms with Crippen molar-refractivity contribution in [1.82, 2.24) is 15.2 Å². The number of urea groups is 1. The van der Waals surface area contributed by atoms with Gasteiger partial charge in [-0.2, -0.15) is 0 Å². The fourth-order valence-electron chi connectivity index (χ4n) is 2.33. The van der Waals surface area contributed by atoms with Gasteiger partial charge in [0.25, 0.3) is 0 Å². The lowest BCUT2D eigenvalue weighted by Crippen LogP contribution is -2.43. The molecule has 1 N–H and O–H groups in total. The van der Waals surface area contributed by atoms with Crippen molar-refractivity contribution in [2.24, 2.45) is 5.92 Å². The predicted molar refractivity (Wildman–Crippen MR) is 80.1 cm³/mol. The third-order valence-electron chi connectivity index (χ3n) is 3.50. The summed E-state index contributed by atoms with van der Waals surface area (Å²) in [5.74, 6) is 0.488. The number of aryl methyl sites for hydroxylation is 1. The molecule has 0 aromatic carbocycles. The van der Waals surface area contributed by atoms with Gasteiger partial charge < -0.3 is 15.0 Å². The van der Waals surface area contributed by atoms with Crippen LogP contribution < -0.4 is 5.32 Å². The molecule has 1 fully saturated rings. The van der Waals surface area contributed by atoms with Gasteiger partial charge in [-0.3, -0.25) is 0 Å². The highest BCUT2D eigenvalue weighted by atomic mass is 32.1. The highest BCUT2D eigenvalue weighted by molar-refractivity contribution is 7.09. The van der Waals surface area contributed by atoms with Crippen LogP contribution in [0.15, 0.2) is 5.38 Å². The molecule has 2 heterocycles. The lowest BCUT2D eigenvalue weighted by atomic mass is 10.1. The average molecular weight is 297 g/mol. The first kappa shape index (κ1) is 15.3. The normalized spacial score (nSPS) is 18.2. The number of carbonyl (C=O) groups excluding carboxylic acids is 1. The maximum atomic E-state index is 12.1. The Bertz CT molecular complexity index is 430. The number of carbonyl (C=O) groups is 1. The van der Waals surface area contributed by atoms with Gasteiger partial charge in [-0.05, 0) is 20.3 Å². The van der Waals surface area contributed by atoms with Gasteiger partial charge in [-0.15, -0.1) is 11.3 Å². The van der Waals surface area contributed by atoms with Crippen molar-refractivity contribution in [2.75, 3.05) is 32.8 Å². The number of hydrogen-bond acceptors (Lipinski definition) is 4. The van der Waals surface area contributed by atoms with Crippen LogP contribution in [0.5, 0.6) is 0 Å². The van der Waals surface area contributed by atoms with Crippen molar-refractivity contribution in [2.45, 2.75) is 26.7 Å². The summed E-state index contributed by atoms with van der Waals surface area (Å²) in [5.41, 5.74) is 1.06. The predicted octanol–water partition coefficient (Wildman–Crippen LogP) is 2.06. The van der Waals surface area contributed by atoms with Crippen LogP contribution in [-0.2, 0) is 11.2 Å². The molecular weight excluding hydrogens is 274 g/mol. The minimum atomic E-state index is 0.0198. The van der Waals surface area contributed by atoms with Crippen LogP contribution in [0.2, 0.25) is 0 Å². The Morgan fingerprint density at radius 3 is 3.10 bits per heavy atom. The number of ether oxygens (including phenoxy) is 1. The Morgan fingerprint density at radius 2 is 2.50 bits per heavy atom. The van der Waals surface area contributed by atoms with Crippen molar-refractivity contribution in [3.05, 3.63) is 16.1 Å². The summed E-state index contributed by atoms with van der Waals surface area (Å²) < 4.78 is 5.36. The van der Waals surface area contributed by atoms with E-state index in [2.05, 4.69) is 15.7 Å². The first-order valence-corrected chi connectivity index (χ1v) is 8.08. The summed E-state index contributed by atoms with van der Waals surface area (Å²) in [6.45, 7) is 7.78. The third kappa shape index (κ3) is 4.45. The van der Waals surface area contributed by atoms with Crippen LogP contribution in [0, 0.1) is 12.8 Å². The molecule has 1 aromatic rings. The third-order valence-corrected chi connectivity index (χ3v) is 4.32. The van der Waals surface area contributed by atoms with E-state index in [1.54, 1.807) is 11.3 Å². The molecule has 1 saturated heterocycles. The summed E-state index contributed by atoms with van der Waals surface area (Å²) in [5, 5.41) is 6.10. The lowest BCUT2D eigenvalue weighted by Gasteiger charge is -2.24. The van der Waals surface area contributed by atoms with Gasteiger partial charge >= 0.3 is 6.03 Å². The molecule has 0 aliphatic carbocycles. The van der Waals surface area contributed by atoms with Crippen molar-refractivity contribution < 1.29 is 9.53 Å². The van der Waals surface area contributed by atoms with Crippen LogP contribution in [0.1, 0.15) is 24.0 Å². The Balaban J connectivity index is 1.71. The first-order chi connectivity index (χ1) is 9.69. The number of amides is 2. The van der Waals surface area contributed by atoms with Crippen molar-refractivity contribution >= 4 is 17.4 Å². The first-order valence-electron chi connectivity index (χ1n) is 7.20. The van der Waals surface area contributed by atoms with E-state index in [9.17, 15) is 4.79 Å². The van der Waals surface area contributed by atoms with E-state index < -0.39 is 0 Å². The number of thiazole rings is 1. The second kappa shape index (κ2) is 7.59. The molecule has 1 atom stereocenters. The lowest BCUT2D eigenvalue weighted by molar-refractivity contribution is 0.166. The number of aromatic nitrogens is 1. The Morgan fingerprint density at radius 1 is 1.65 bits per heavy atom. The topological polar surface area (TPSA) is 54.5 Å². The zero-order valence-corrected chi connectivity index (χ0v) is 13.0. The van der Waals surface area contributed by atoms with E-state index >= 15 is 0 Å². The Hall–Kier alpha value is -1.14. The fraction of sp³-hybridized carbons (Fsp3) is 0.714. The average Bonchev–Trinajstić information content (AvgIpc) is 3.07. The second-order valence-electron chi connectivity index (χ2n) is 5.11. The molecule has 1 aliphatic rings. The molecule has 1 aromatic heterocycles. The highest BCUT2D eigenvalue weighted by Gasteiger charge is 2.21. The number of nitrogens with one attached hydrogen (secondary N) is 1.